The fraction of sp³-hybridized carbons (Fsp3) is 0. The Kier molecular flexibility index (Phi) is 3.07. The lowest BCUT2D eigenvalue weighted by Crippen LogP contribution is -1.86. The molecule has 0 N–H and O–H groups in total. The van der Waals surface area contributed by atoms with Crippen LogP contribution in [0, 0.1) is 5.82 Å². The predicted molar refractivity (Wildman–Crippen MR) is 75.1 cm³/mol. The summed E-state index contributed by atoms with van der Waals surface area (Å²) in [6.45, 7) is 0. The molecule has 92 valence electrons. The minimum Gasteiger partial charge on any atom is -0.256 e. The molecule has 0 fully saturated rings. The van der Waals surface area contributed by atoms with Crippen LogP contribution in [0.25, 0.3) is 22.4 Å². The third-order valence-electron chi connectivity index (χ3n) is 2.99. The van der Waals surface area contributed by atoms with E-state index in [4.69, 9.17) is 0 Å². The molecule has 0 bridgehead atoms. The molecule has 1 heterocycles. The van der Waals surface area contributed by atoms with Crippen LogP contribution in [0.2, 0.25) is 0 Å². The number of hydrogen-bond acceptors (Lipinski definition) is 1. The molecule has 0 aliphatic heterocycles. The van der Waals surface area contributed by atoms with Gasteiger partial charge in [-0.3, -0.25) is 4.98 Å². The van der Waals surface area contributed by atoms with Crippen LogP contribution in [0.5, 0.6) is 0 Å². The molecule has 0 saturated carbocycles. The minimum atomic E-state index is -0.246. The average Bonchev–Trinajstić information content (AvgIpc) is 2.48. The summed E-state index contributed by atoms with van der Waals surface area (Å²) in [5.41, 5.74) is 3.77. The van der Waals surface area contributed by atoms with Crippen molar-refractivity contribution < 1.29 is 4.39 Å². The average molecular weight is 249 g/mol. The molecule has 0 aliphatic carbocycles. The minimum absolute atomic E-state index is 0.246. The highest BCUT2D eigenvalue weighted by molar-refractivity contribution is 5.70. The van der Waals surface area contributed by atoms with Crippen molar-refractivity contribution in [3.8, 4) is 22.4 Å². The second kappa shape index (κ2) is 5.02. The summed E-state index contributed by atoms with van der Waals surface area (Å²) in [7, 11) is 0. The summed E-state index contributed by atoms with van der Waals surface area (Å²) < 4.78 is 13.2. The van der Waals surface area contributed by atoms with Gasteiger partial charge < -0.3 is 0 Å². The van der Waals surface area contributed by atoms with Crippen LogP contribution in [0.1, 0.15) is 0 Å². The lowest BCUT2D eigenvalue weighted by atomic mass is 10.0. The summed E-state index contributed by atoms with van der Waals surface area (Å²) in [6, 6.07) is 20.5. The maximum absolute atomic E-state index is 13.2. The maximum atomic E-state index is 13.2. The van der Waals surface area contributed by atoms with Crippen molar-refractivity contribution in [1.29, 1.82) is 0 Å². The summed E-state index contributed by atoms with van der Waals surface area (Å²) in [6.07, 6.45) is 1.75. The van der Waals surface area contributed by atoms with Gasteiger partial charge in [-0.2, -0.15) is 0 Å². The molecule has 2 heteroatoms. The van der Waals surface area contributed by atoms with Crippen LogP contribution < -0.4 is 0 Å². The van der Waals surface area contributed by atoms with Gasteiger partial charge in [0.15, 0.2) is 0 Å². The molecular weight excluding hydrogens is 237 g/mol. The van der Waals surface area contributed by atoms with E-state index in [1.807, 2.05) is 48.5 Å². The molecule has 0 unspecified atom stereocenters. The van der Waals surface area contributed by atoms with Gasteiger partial charge in [0, 0.05) is 11.8 Å². The van der Waals surface area contributed by atoms with E-state index in [-0.39, 0.29) is 5.82 Å². The second-order valence-electron chi connectivity index (χ2n) is 4.31. The molecule has 0 atom stereocenters. The van der Waals surface area contributed by atoms with Crippen molar-refractivity contribution in [2.45, 2.75) is 0 Å². The molecule has 19 heavy (non-hydrogen) atoms. The molecule has 2 aromatic carbocycles. The van der Waals surface area contributed by atoms with E-state index in [0.717, 1.165) is 22.4 Å². The Bertz CT molecular complexity index is 692. The van der Waals surface area contributed by atoms with E-state index in [1.165, 1.54) is 12.1 Å². The van der Waals surface area contributed by atoms with Crippen molar-refractivity contribution in [2.75, 3.05) is 0 Å². The largest absolute Gasteiger partial charge is 0.256 e. The predicted octanol–water partition coefficient (Wildman–Crippen LogP) is 4.55. The van der Waals surface area contributed by atoms with E-state index < -0.39 is 0 Å². The van der Waals surface area contributed by atoms with Crippen LogP contribution in [0.15, 0.2) is 72.9 Å². The molecular formula is C17H12FN. The highest BCUT2D eigenvalue weighted by Gasteiger charge is 2.03. The van der Waals surface area contributed by atoms with Gasteiger partial charge in [-0.15, -0.1) is 0 Å². The Labute approximate surface area is 111 Å². The third kappa shape index (κ3) is 2.52. The second-order valence-corrected chi connectivity index (χ2v) is 4.31. The zero-order chi connectivity index (χ0) is 13.1. The van der Waals surface area contributed by atoms with Crippen molar-refractivity contribution >= 4 is 0 Å². The van der Waals surface area contributed by atoms with E-state index in [0.29, 0.717) is 0 Å². The standard InChI is InChI=1S/C17H12FN/c18-16-8-4-7-15(11-16)17-12-14(9-10-19-17)13-5-2-1-3-6-13/h1-12H. The highest BCUT2D eigenvalue weighted by Crippen LogP contribution is 2.24. The fourth-order valence-electron chi connectivity index (χ4n) is 2.05. The van der Waals surface area contributed by atoms with Crippen molar-refractivity contribution in [3.63, 3.8) is 0 Å². The van der Waals surface area contributed by atoms with Gasteiger partial charge in [0.05, 0.1) is 5.69 Å². The normalized spacial score (nSPS) is 10.4. The first-order valence-electron chi connectivity index (χ1n) is 6.10. The van der Waals surface area contributed by atoms with Gasteiger partial charge in [0.2, 0.25) is 0 Å². The summed E-state index contributed by atoms with van der Waals surface area (Å²) >= 11 is 0. The Morgan fingerprint density at radius 2 is 1.47 bits per heavy atom. The SMILES string of the molecule is Fc1cccc(-c2cc(-c3ccccc3)ccn2)c1. The first-order valence-corrected chi connectivity index (χ1v) is 6.10. The quantitative estimate of drug-likeness (QED) is 0.649. The molecule has 1 aromatic heterocycles. The van der Waals surface area contributed by atoms with Crippen LogP contribution in [-0.2, 0) is 0 Å². The lowest BCUT2D eigenvalue weighted by Gasteiger charge is -2.05. The Balaban J connectivity index is 2.06. The van der Waals surface area contributed by atoms with Gasteiger partial charge in [0.1, 0.15) is 5.82 Å². The number of nitrogens with zero attached hydrogens (tertiary/aromatic N) is 1. The number of pyridine rings is 1. The highest BCUT2D eigenvalue weighted by atomic mass is 19.1. The molecule has 1 nitrogen and oxygen atoms in total. The van der Waals surface area contributed by atoms with Gasteiger partial charge in [-0.25, -0.2) is 4.39 Å². The lowest BCUT2D eigenvalue weighted by molar-refractivity contribution is 0.628. The first kappa shape index (κ1) is 11.6. The third-order valence-corrected chi connectivity index (χ3v) is 2.99. The van der Waals surface area contributed by atoms with Gasteiger partial charge in [-0.05, 0) is 35.4 Å². The Morgan fingerprint density at radius 1 is 0.684 bits per heavy atom. The van der Waals surface area contributed by atoms with Crippen molar-refractivity contribution in [3.05, 3.63) is 78.7 Å². The molecule has 3 rings (SSSR count). The van der Waals surface area contributed by atoms with Gasteiger partial charge >= 0.3 is 0 Å². The molecule has 0 saturated heterocycles. The molecule has 0 aliphatic rings. The van der Waals surface area contributed by atoms with Crippen LogP contribution in [0.4, 0.5) is 4.39 Å². The van der Waals surface area contributed by atoms with E-state index in [2.05, 4.69) is 4.98 Å². The van der Waals surface area contributed by atoms with Crippen LogP contribution in [0.3, 0.4) is 0 Å². The van der Waals surface area contributed by atoms with E-state index >= 15 is 0 Å². The van der Waals surface area contributed by atoms with Crippen LogP contribution in [-0.4, -0.2) is 4.98 Å². The van der Waals surface area contributed by atoms with Crippen molar-refractivity contribution in [2.24, 2.45) is 0 Å². The zero-order valence-corrected chi connectivity index (χ0v) is 10.3. The van der Waals surface area contributed by atoms with Crippen LogP contribution >= 0.6 is 0 Å². The number of rotatable bonds is 2. The monoisotopic (exact) mass is 249 g/mol. The smallest absolute Gasteiger partial charge is 0.123 e. The zero-order valence-electron chi connectivity index (χ0n) is 10.3. The van der Waals surface area contributed by atoms with Gasteiger partial charge in [0.25, 0.3) is 0 Å². The summed E-state index contributed by atoms with van der Waals surface area (Å²) in [5, 5.41) is 0. The van der Waals surface area contributed by atoms with E-state index in [9.17, 15) is 4.39 Å². The topological polar surface area (TPSA) is 12.9 Å². The van der Waals surface area contributed by atoms with Gasteiger partial charge in [-0.1, -0.05) is 42.5 Å². The molecule has 0 spiro atoms. The number of halogens is 1. The first-order chi connectivity index (χ1) is 9.33. The summed E-state index contributed by atoms with van der Waals surface area (Å²) in [4.78, 5) is 4.31. The molecule has 0 radical (unpaired) electrons. The number of aromatic nitrogens is 1. The summed E-state index contributed by atoms with van der Waals surface area (Å²) in [5.74, 6) is -0.246. The Hall–Kier alpha value is -2.48. The van der Waals surface area contributed by atoms with E-state index in [1.54, 1.807) is 12.3 Å². The van der Waals surface area contributed by atoms with Crippen molar-refractivity contribution in [1.82, 2.24) is 4.98 Å². The Morgan fingerprint density at radius 3 is 2.26 bits per heavy atom. The molecule has 3 aromatic rings. The number of benzene rings is 2. The number of hydrogen-bond donors (Lipinski definition) is 0. The molecule has 0 amide bonds. The maximum Gasteiger partial charge on any atom is 0.123 e. The fourth-order valence-corrected chi connectivity index (χ4v) is 2.05.